The first kappa shape index (κ1) is 11.1. The molecule has 1 fully saturated rings. The van der Waals surface area contributed by atoms with Crippen LogP contribution in [0.2, 0.25) is 0 Å². The summed E-state index contributed by atoms with van der Waals surface area (Å²) in [6.07, 6.45) is -0.0830. The Hall–Kier alpha value is 0.0400. The van der Waals surface area contributed by atoms with Crippen LogP contribution < -0.4 is 0 Å². The monoisotopic (exact) mass is 226 g/mol. The average molecular weight is 227 g/mol. The van der Waals surface area contributed by atoms with Crippen molar-refractivity contribution in [1.82, 2.24) is 0 Å². The molecule has 1 saturated heterocycles. The molecule has 0 unspecified atom stereocenters. The van der Waals surface area contributed by atoms with Gasteiger partial charge in [0.25, 0.3) is 0 Å². The summed E-state index contributed by atoms with van der Waals surface area (Å²) in [5.41, 5.74) is 1.17. The van der Waals surface area contributed by atoms with Crippen LogP contribution in [0.4, 0.5) is 0 Å². The van der Waals surface area contributed by atoms with E-state index in [9.17, 15) is 0 Å². The van der Waals surface area contributed by atoms with Gasteiger partial charge in [-0.1, -0.05) is 11.6 Å². The molecule has 0 spiro atoms. The number of rotatable bonds is 3. The molecule has 1 rings (SSSR count). The molecule has 5 heteroatoms. The number of ether oxygens (including phenoxy) is 3. The summed E-state index contributed by atoms with van der Waals surface area (Å²) in [5, 5.41) is 0.162. The highest BCUT2D eigenvalue weighted by atomic mass is 35.5. The Balaban J connectivity index is 2.25. The Kier molecular flexibility index (Phi) is 3.86. The Labute approximate surface area is 87.5 Å². The minimum absolute atomic E-state index is 0.0830. The maximum Gasteiger partial charge on any atom is 0.198 e. The normalized spacial score (nSPS) is 27.7. The zero-order valence-electron chi connectivity index (χ0n) is 7.55. The lowest BCUT2D eigenvalue weighted by molar-refractivity contribution is -0.142. The van der Waals surface area contributed by atoms with Crippen LogP contribution in [0.5, 0.6) is 0 Å². The third-order valence-corrected chi connectivity index (χ3v) is 2.09. The molecule has 0 aliphatic carbocycles. The molecule has 1 aliphatic rings. The lowest BCUT2D eigenvalue weighted by Gasteiger charge is -2.16. The molecule has 13 heavy (non-hydrogen) atoms. The smallest absolute Gasteiger partial charge is 0.198 e. The summed E-state index contributed by atoms with van der Waals surface area (Å²) in [6.45, 7) is 4.57. The molecular weight excluding hydrogens is 215 g/mol. The first-order valence-electron chi connectivity index (χ1n) is 3.94. The van der Waals surface area contributed by atoms with E-state index in [1.165, 1.54) is 5.54 Å². The van der Waals surface area contributed by atoms with Crippen LogP contribution in [0.15, 0.2) is 10.8 Å². The van der Waals surface area contributed by atoms with Crippen molar-refractivity contribution >= 4 is 23.2 Å². The van der Waals surface area contributed by atoms with E-state index >= 15 is 0 Å². The molecule has 1 aliphatic heterocycles. The van der Waals surface area contributed by atoms with Crippen LogP contribution in [0.3, 0.4) is 0 Å². The molecule has 76 valence electrons. The van der Waals surface area contributed by atoms with Crippen molar-refractivity contribution in [1.29, 1.82) is 0 Å². The second-order valence-corrected chi connectivity index (χ2v) is 3.77. The number of hydrogen-bond donors (Lipinski definition) is 0. The summed E-state index contributed by atoms with van der Waals surface area (Å²) < 4.78 is 15.8. The van der Waals surface area contributed by atoms with Crippen LogP contribution in [0.25, 0.3) is 0 Å². The minimum atomic E-state index is -0.523. The van der Waals surface area contributed by atoms with Gasteiger partial charge in [0.05, 0.1) is 12.1 Å². The highest BCUT2D eigenvalue weighted by molar-refractivity contribution is 6.35. The molecule has 3 nitrogen and oxygen atoms in total. The van der Waals surface area contributed by atoms with Gasteiger partial charge in [0.15, 0.2) is 11.0 Å². The highest BCUT2D eigenvalue weighted by Crippen LogP contribution is 2.23. The molecule has 0 amide bonds. The lowest BCUT2D eigenvalue weighted by Crippen LogP contribution is -2.23. The van der Waals surface area contributed by atoms with Crippen molar-refractivity contribution < 1.29 is 14.2 Å². The van der Waals surface area contributed by atoms with Gasteiger partial charge >= 0.3 is 0 Å². The Morgan fingerprint density at radius 2 is 2.38 bits per heavy atom. The Bertz CT molecular complexity index is 204. The fourth-order valence-electron chi connectivity index (χ4n) is 1.05. The van der Waals surface area contributed by atoms with Crippen LogP contribution in [0.1, 0.15) is 13.8 Å². The van der Waals surface area contributed by atoms with E-state index in [4.69, 9.17) is 37.4 Å². The van der Waals surface area contributed by atoms with Crippen molar-refractivity contribution in [2.45, 2.75) is 25.7 Å². The van der Waals surface area contributed by atoms with Gasteiger partial charge in [0.2, 0.25) is 0 Å². The SMILES string of the molecule is CC1(C)OC[C@@H](CO/C(Cl)=C/Cl)O1. The second kappa shape index (κ2) is 4.51. The summed E-state index contributed by atoms with van der Waals surface area (Å²) in [6, 6.07) is 0. The van der Waals surface area contributed by atoms with Crippen LogP contribution in [-0.2, 0) is 14.2 Å². The van der Waals surface area contributed by atoms with Crippen LogP contribution in [0, 0.1) is 0 Å². The molecule has 0 bridgehead atoms. The summed E-state index contributed by atoms with van der Waals surface area (Å²) in [7, 11) is 0. The van der Waals surface area contributed by atoms with Gasteiger partial charge in [-0.25, -0.2) is 0 Å². The predicted molar refractivity (Wildman–Crippen MR) is 50.6 cm³/mol. The molecule has 0 radical (unpaired) electrons. The Morgan fingerprint density at radius 1 is 1.69 bits per heavy atom. The van der Waals surface area contributed by atoms with Gasteiger partial charge in [0, 0.05) is 0 Å². The highest BCUT2D eigenvalue weighted by Gasteiger charge is 2.32. The number of hydrogen-bond acceptors (Lipinski definition) is 3. The fraction of sp³-hybridized carbons (Fsp3) is 0.750. The zero-order valence-corrected chi connectivity index (χ0v) is 9.06. The third kappa shape index (κ3) is 3.73. The predicted octanol–water partition coefficient (Wildman–Crippen LogP) is 2.43. The van der Waals surface area contributed by atoms with E-state index in [0.717, 1.165) is 0 Å². The molecule has 0 aromatic carbocycles. The van der Waals surface area contributed by atoms with Crippen molar-refractivity contribution in [3.8, 4) is 0 Å². The zero-order chi connectivity index (χ0) is 9.90. The fourth-order valence-corrected chi connectivity index (χ4v) is 1.18. The first-order valence-corrected chi connectivity index (χ1v) is 4.75. The van der Waals surface area contributed by atoms with Crippen molar-refractivity contribution in [2.75, 3.05) is 13.2 Å². The van der Waals surface area contributed by atoms with Gasteiger partial charge < -0.3 is 14.2 Å². The van der Waals surface area contributed by atoms with E-state index in [2.05, 4.69) is 0 Å². The molecule has 1 atom stereocenters. The largest absolute Gasteiger partial charge is 0.479 e. The van der Waals surface area contributed by atoms with Gasteiger partial charge in [-0.15, -0.1) is 0 Å². The Morgan fingerprint density at radius 3 is 2.85 bits per heavy atom. The third-order valence-electron chi connectivity index (χ3n) is 1.56. The van der Waals surface area contributed by atoms with Crippen molar-refractivity contribution in [3.05, 3.63) is 10.8 Å². The molecule has 1 heterocycles. The molecule has 0 saturated carbocycles. The van der Waals surface area contributed by atoms with Gasteiger partial charge in [-0.3, -0.25) is 0 Å². The number of halogens is 2. The minimum Gasteiger partial charge on any atom is -0.479 e. The summed E-state index contributed by atoms with van der Waals surface area (Å²) >= 11 is 10.8. The second-order valence-electron chi connectivity index (χ2n) is 3.17. The van der Waals surface area contributed by atoms with Crippen molar-refractivity contribution in [3.63, 3.8) is 0 Å². The van der Waals surface area contributed by atoms with Crippen LogP contribution >= 0.6 is 23.2 Å². The topological polar surface area (TPSA) is 27.7 Å². The average Bonchev–Trinajstić information content (AvgIpc) is 2.41. The van der Waals surface area contributed by atoms with E-state index in [0.29, 0.717) is 13.2 Å². The maximum absolute atomic E-state index is 5.53. The summed E-state index contributed by atoms with van der Waals surface area (Å²) in [5.74, 6) is -0.523. The molecule has 0 aromatic heterocycles. The maximum atomic E-state index is 5.53. The van der Waals surface area contributed by atoms with E-state index in [1.54, 1.807) is 0 Å². The molecule has 0 aromatic rings. The first-order chi connectivity index (χ1) is 6.03. The van der Waals surface area contributed by atoms with Gasteiger partial charge in [-0.05, 0) is 25.4 Å². The van der Waals surface area contributed by atoms with Crippen molar-refractivity contribution in [2.24, 2.45) is 0 Å². The van der Waals surface area contributed by atoms with E-state index in [1.807, 2.05) is 13.8 Å². The van der Waals surface area contributed by atoms with E-state index in [-0.39, 0.29) is 11.3 Å². The lowest BCUT2D eigenvalue weighted by atomic mass is 10.4. The standard InChI is InChI=1S/C8H12Cl2O3/c1-8(2)12-5-6(13-8)4-11-7(10)3-9/h3,6H,4-5H2,1-2H3/b7-3+/t6-/m1/s1. The van der Waals surface area contributed by atoms with Gasteiger partial charge in [0.1, 0.15) is 12.7 Å². The van der Waals surface area contributed by atoms with E-state index < -0.39 is 5.79 Å². The van der Waals surface area contributed by atoms with Crippen LogP contribution in [-0.4, -0.2) is 25.1 Å². The molecule has 0 N–H and O–H groups in total. The summed E-state index contributed by atoms with van der Waals surface area (Å²) in [4.78, 5) is 0. The quantitative estimate of drug-likeness (QED) is 0.693. The van der Waals surface area contributed by atoms with Gasteiger partial charge in [-0.2, -0.15) is 0 Å². The molecular formula is C8H12Cl2O3.